The highest BCUT2D eigenvalue weighted by molar-refractivity contribution is 7.07. The molecule has 1 amide bonds. The number of thiophene rings is 1. The van der Waals surface area contributed by atoms with E-state index in [1.165, 1.54) is 5.56 Å². The van der Waals surface area contributed by atoms with Gasteiger partial charge in [-0.15, -0.1) is 0 Å². The largest absolute Gasteiger partial charge is 0.361 e. The van der Waals surface area contributed by atoms with Gasteiger partial charge in [0.1, 0.15) is 5.76 Å². The van der Waals surface area contributed by atoms with Gasteiger partial charge in [-0.3, -0.25) is 4.79 Å². The van der Waals surface area contributed by atoms with Crippen LogP contribution in [0.15, 0.2) is 27.4 Å². The molecular weight excluding hydrogens is 224 g/mol. The van der Waals surface area contributed by atoms with Crippen LogP contribution in [0.2, 0.25) is 0 Å². The minimum Gasteiger partial charge on any atom is -0.361 e. The Morgan fingerprint density at radius 2 is 2.50 bits per heavy atom. The Bertz CT molecular complexity index is 462. The molecule has 84 valence electrons. The van der Waals surface area contributed by atoms with Crippen LogP contribution in [-0.2, 0) is 6.42 Å². The molecule has 0 aromatic carbocycles. The molecule has 0 bridgehead atoms. The molecule has 0 unspecified atom stereocenters. The second-order valence-corrected chi connectivity index (χ2v) is 4.24. The first kappa shape index (κ1) is 10.9. The van der Waals surface area contributed by atoms with E-state index in [1.807, 2.05) is 5.38 Å². The van der Waals surface area contributed by atoms with Gasteiger partial charge in [-0.1, -0.05) is 5.16 Å². The summed E-state index contributed by atoms with van der Waals surface area (Å²) < 4.78 is 4.83. The molecule has 2 rings (SSSR count). The number of aryl methyl sites for hydroxylation is 1. The molecule has 0 radical (unpaired) electrons. The summed E-state index contributed by atoms with van der Waals surface area (Å²) in [5.74, 6) is 0.454. The van der Waals surface area contributed by atoms with Crippen LogP contribution in [0.4, 0.5) is 0 Å². The van der Waals surface area contributed by atoms with Crippen LogP contribution in [0, 0.1) is 6.92 Å². The van der Waals surface area contributed by atoms with Crippen molar-refractivity contribution in [2.75, 3.05) is 6.54 Å². The molecule has 0 saturated heterocycles. The van der Waals surface area contributed by atoms with Crippen molar-refractivity contribution < 1.29 is 9.32 Å². The molecule has 1 N–H and O–H groups in total. The average Bonchev–Trinajstić information content (AvgIpc) is 2.89. The van der Waals surface area contributed by atoms with Crippen molar-refractivity contribution in [3.63, 3.8) is 0 Å². The maximum atomic E-state index is 11.6. The zero-order valence-corrected chi connectivity index (χ0v) is 9.71. The first-order chi connectivity index (χ1) is 7.75. The standard InChI is InChI=1S/C11H12N2O2S/c1-8-6-10(13-15-8)11(14)12-4-2-9-3-5-16-7-9/h3,5-7H,2,4H2,1H3,(H,12,14). The van der Waals surface area contributed by atoms with Gasteiger partial charge in [0.15, 0.2) is 5.69 Å². The number of amides is 1. The average molecular weight is 236 g/mol. The van der Waals surface area contributed by atoms with Gasteiger partial charge in [0, 0.05) is 12.6 Å². The van der Waals surface area contributed by atoms with Crippen molar-refractivity contribution in [3.8, 4) is 0 Å². The highest BCUT2D eigenvalue weighted by Crippen LogP contribution is 2.06. The second kappa shape index (κ2) is 4.94. The molecule has 0 fully saturated rings. The van der Waals surface area contributed by atoms with Crippen molar-refractivity contribution in [1.82, 2.24) is 10.5 Å². The fourth-order valence-electron chi connectivity index (χ4n) is 1.32. The zero-order valence-electron chi connectivity index (χ0n) is 8.90. The Morgan fingerprint density at radius 3 is 3.12 bits per heavy atom. The van der Waals surface area contributed by atoms with Crippen molar-refractivity contribution in [2.24, 2.45) is 0 Å². The summed E-state index contributed by atoms with van der Waals surface area (Å²) in [6, 6.07) is 3.68. The van der Waals surface area contributed by atoms with Crippen LogP contribution in [0.5, 0.6) is 0 Å². The van der Waals surface area contributed by atoms with E-state index in [4.69, 9.17) is 4.52 Å². The van der Waals surface area contributed by atoms with Crippen LogP contribution < -0.4 is 5.32 Å². The van der Waals surface area contributed by atoms with E-state index < -0.39 is 0 Å². The van der Waals surface area contributed by atoms with Gasteiger partial charge < -0.3 is 9.84 Å². The van der Waals surface area contributed by atoms with E-state index in [0.717, 1.165) is 6.42 Å². The summed E-state index contributed by atoms with van der Waals surface area (Å²) in [5.41, 5.74) is 1.57. The van der Waals surface area contributed by atoms with Crippen LogP contribution in [-0.4, -0.2) is 17.6 Å². The van der Waals surface area contributed by atoms with Gasteiger partial charge in [0.2, 0.25) is 0 Å². The SMILES string of the molecule is Cc1cc(C(=O)NCCc2ccsc2)no1. The third-order valence-electron chi connectivity index (χ3n) is 2.14. The number of hydrogen-bond donors (Lipinski definition) is 1. The maximum Gasteiger partial charge on any atom is 0.273 e. The van der Waals surface area contributed by atoms with Crippen LogP contribution in [0.3, 0.4) is 0 Å². The topological polar surface area (TPSA) is 55.1 Å². The molecule has 16 heavy (non-hydrogen) atoms. The molecule has 0 aliphatic rings. The number of aromatic nitrogens is 1. The number of nitrogens with zero attached hydrogens (tertiary/aromatic N) is 1. The van der Waals surface area contributed by atoms with Gasteiger partial charge in [0.25, 0.3) is 5.91 Å². The number of hydrogen-bond acceptors (Lipinski definition) is 4. The predicted molar refractivity (Wildman–Crippen MR) is 61.6 cm³/mol. The Kier molecular flexibility index (Phi) is 3.36. The number of nitrogens with one attached hydrogen (secondary N) is 1. The molecule has 0 aliphatic heterocycles. The lowest BCUT2D eigenvalue weighted by molar-refractivity contribution is 0.0945. The monoisotopic (exact) mass is 236 g/mol. The van der Waals surface area contributed by atoms with E-state index in [0.29, 0.717) is 18.0 Å². The molecule has 2 aromatic heterocycles. The molecule has 0 saturated carbocycles. The summed E-state index contributed by atoms with van der Waals surface area (Å²) >= 11 is 1.66. The number of rotatable bonds is 4. The van der Waals surface area contributed by atoms with E-state index in [9.17, 15) is 4.79 Å². The molecule has 0 atom stereocenters. The minimum atomic E-state index is -0.188. The first-order valence-electron chi connectivity index (χ1n) is 4.98. The Hall–Kier alpha value is -1.62. The second-order valence-electron chi connectivity index (χ2n) is 3.46. The van der Waals surface area contributed by atoms with E-state index in [-0.39, 0.29) is 5.91 Å². The minimum absolute atomic E-state index is 0.188. The molecule has 2 aromatic rings. The normalized spacial score (nSPS) is 10.3. The quantitative estimate of drug-likeness (QED) is 0.883. The maximum absolute atomic E-state index is 11.6. The van der Waals surface area contributed by atoms with Gasteiger partial charge in [-0.25, -0.2) is 0 Å². The van der Waals surface area contributed by atoms with E-state index >= 15 is 0 Å². The van der Waals surface area contributed by atoms with Gasteiger partial charge >= 0.3 is 0 Å². The Balaban J connectivity index is 1.80. The fraction of sp³-hybridized carbons (Fsp3) is 0.273. The summed E-state index contributed by atoms with van der Waals surface area (Å²) in [6.07, 6.45) is 0.839. The molecule has 4 nitrogen and oxygen atoms in total. The molecule has 0 aliphatic carbocycles. The number of carbonyl (C=O) groups is 1. The zero-order chi connectivity index (χ0) is 11.4. The fourth-order valence-corrected chi connectivity index (χ4v) is 2.02. The molecule has 5 heteroatoms. The van der Waals surface area contributed by atoms with Crippen LogP contribution in [0.1, 0.15) is 21.8 Å². The highest BCUT2D eigenvalue weighted by Gasteiger charge is 2.09. The third kappa shape index (κ3) is 2.70. The van der Waals surface area contributed by atoms with Crippen molar-refractivity contribution in [3.05, 3.63) is 39.9 Å². The lowest BCUT2D eigenvalue weighted by Gasteiger charge is -2.00. The van der Waals surface area contributed by atoms with Gasteiger partial charge in [0.05, 0.1) is 0 Å². The summed E-state index contributed by atoms with van der Waals surface area (Å²) in [7, 11) is 0. The lowest BCUT2D eigenvalue weighted by Crippen LogP contribution is -2.25. The van der Waals surface area contributed by atoms with E-state index in [1.54, 1.807) is 24.3 Å². The Labute approximate surface area is 97.3 Å². The summed E-state index contributed by atoms with van der Waals surface area (Å²) in [6.45, 7) is 2.37. The third-order valence-corrected chi connectivity index (χ3v) is 2.87. The highest BCUT2D eigenvalue weighted by atomic mass is 32.1. The first-order valence-corrected chi connectivity index (χ1v) is 5.92. The summed E-state index contributed by atoms with van der Waals surface area (Å²) in [4.78, 5) is 11.6. The smallest absolute Gasteiger partial charge is 0.273 e. The Morgan fingerprint density at radius 1 is 1.62 bits per heavy atom. The van der Waals surface area contributed by atoms with Crippen LogP contribution in [0.25, 0.3) is 0 Å². The van der Waals surface area contributed by atoms with Crippen molar-refractivity contribution in [2.45, 2.75) is 13.3 Å². The van der Waals surface area contributed by atoms with E-state index in [2.05, 4.69) is 21.9 Å². The lowest BCUT2D eigenvalue weighted by atomic mass is 10.2. The van der Waals surface area contributed by atoms with Gasteiger partial charge in [-0.2, -0.15) is 11.3 Å². The van der Waals surface area contributed by atoms with Gasteiger partial charge in [-0.05, 0) is 35.7 Å². The predicted octanol–water partition coefficient (Wildman–Crippen LogP) is 2.02. The molecule has 0 spiro atoms. The number of carbonyl (C=O) groups excluding carboxylic acids is 1. The molecule has 2 heterocycles. The van der Waals surface area contributed by atoms with Crippen LogP contribution >= 0.6 is 11.3 Å². The molecular formula is C11H12N2O2S. The summed E-state index contributed by atoms with van der Waals surface area (Å²) in [5, 5.41) is 10.5. The van der Waals surface area contributed by atoms with Crippen molar-refractivity contribution in [1.29, 1.82) is 0 Å². The van der Waals surface area contributed by atoms with Crippen molar-refractivity contribution >= 4 is 17.2 Å².